The summed E-state index contributed by atoms with van der Waals surface area (Å²) >= 11 is 0. The minimum atomic E-state index is 0.828. The highest BCUT2D eigenvalue weighted by Gasteiger charge is 2.07. The lowest BCUT2D eigenvalue weighted by molar-refractivity contribution is 0.919. The van der Waals surface area contributed by atoms with Crippen molar-refractivity contribution in [3.63, 3.8) is 0 Å². The number of hydrogen-bond donors (Lipinski definition) is 2. The number of H-pyrrole nitrogens is 1. The number of hydrogen-bond acceptors (Lipinski definition) is 2. The minimum absolute atomic E-state index is 0.828. The molecule has 18 heavy (non-hydrogen) atoms. The zero-order valence-corrected chi connectivity index (χ0v) is 11.4. The van der Waals surface area contributed by atoms with Crippen molar-refractivity contribution in [2.75, 3.05) is 5.32 Å². The predicted octanol–water partition coefficient (Wildman–Crippen LogP) is 3.59. The molecule has 96 valence electrons. The summed E-state index contributed by atoms with van der Waals surface area (Å²) in [5.74, 6) is 0. The summed E-state index contributed by atoms with van der Waals surface area (Å²) in [6.07, 6.45) is 2.29. The molecule has 0 amide bonds. The smallest absolute Gasteiger partial charge is 0.0643 e. The van der Waals surface area contributed by atoms with E-state index in [-0.39, 0.29) is 0 Å². The Hall–Kier alpha value is -1.77. The molecule has 0 aliphatic carbocycles. The number of aromatic amines is 1. The fourth-order valence-electron chi connectivity index (χ4n) is 2.20. The number of rotatable bonds is 5. The van der Waals surface area contributed by atoms with E-state index in [1.807, 2.05) is 6.92 Å². The molecule has 0 saturated heterocycles. The second-order valence-electron chi connectivity index (χ2n) is 4.67. The Bertz CT molecular complexity index is 495. The molecule has 0 atom stereocenters. The average molecular weight is 243 g/mol. The van der Waals surface area contributed by atoms with Gasteiger partial charge in [-0.15, -0.1) is 0 Å². The van der Waals surface area contributed by atoms with Crippen LogP contribution in [0.3, 0.4) is 0 Å². The van der Waals surface area contributed by atoms with E-state index in [2.05, 4.69) is 53.6 Å². The first-order chi connectivity index (χ1) is 8.72. The highest BCUT2D eigenvalue weighted by molar-refractivity contribution is 5.51. The number of benzene rings is 1. The maximum Gasteiger partial charge on any atom is 0.0643 e. The molecular weight excluding hydrogens is 222 g/mol. The molecular formula is C15H21N3. The molecule has 1 heterocycles. The molecule has 0 spiro atoms. The lowest BCUT2D eigenvalue weighted by atomic mass is 10.1. The van der Waals surface area contributed by atoms with Crippen LogP contribution in [0.1, 0.15) is 35.9 Å². The molecule has 2 rings (SSSR count). The molecule has 0 fully saturated rings. The maximum absolute atomic E-state index is 4.22. The van der Waals surface area contributed by atoms with Crippen LogP contribution in [-0.4, -0.2) is 10.2 Å². The van der Waals surface area contributed by atoms with Gasteiger partial charge in [0.1, 0.15) is 0 Å². The van der Waals surface area contributed by atoms with Crippen LogP contribution >= 0.6 is 0 Å². The third-order valence-corrected chi connectivity index (χ3v) is 3.27. The van der Waals surface area contributed by atoms with Crippen molar-refractivity contribution in [1.29, 1.82) is 0 Å². The minimum Gasteiger partial charge on any atom is -0.381 e. The number of nitrogens with one attached hydrogen (secondary N) is 2. The van der Waals surface area contributed by atoms with Crippen molar-refractivity contribution in [1.82, 2.24) is 10.2 Å². The molecule has 1 aromatic heterocycles. The van der Waals surface area contributed by atoms with E-state index >= 15 is 0 Å². The quantitative estimate of drug-likeness (QED) is 0.842. The summed E-state index contributed by atoms with van der Waals surface area (Å²) in [6, 6.07) is 8.53. The van der Waals surface area contributed by atoms with Crippen molar-refractivity contribution >= 4 is 5.69 Å². The largest absolute Gasteiger partial charge is 0.381 e. The normalized spacial score (nSPS) is 10.6. The van der Waals surface area contributed by atoms with E-state index < -0.39 is 0 Å². The molecule has 0 unspecified atom stereocenters. The molecule has 3 heteroatoms. The van der Waals surface area contributed by atoms with E-state index in [4.69, 9.17) is 0 Å². The molecule has 0 radical (unpaired) electrons. The number of anilines is 1. The van der Waals surface area contributed by atoms with Gasteiger partial charge in [-0.2, -0.15) is 5.10 Å². The van der Waals surface area contributed by atoms with Crippen LogP contribution < -0.4 is 5.32 Å². The van der Waals surface area contributed by atoms with Crippen molar-refractivity contribution in [2.45, 2.75) is 40.2 Å². The molecule has 0 aliphatic heterocycles. The monoisotopic (exact) mass is 243 g/mol. The van der Waals surface area contributed by atoms with Crippen LogP contribution in [0.4, 0.5) is 5.69 Å². The van der Waals surface area contributed by atoms with Gasteiger partial charge < -0.3 is 5.32 Å². The van der Waals surface area contributed by atoms with Crippen LogP contribution in [0.2, 0.25) is 0 Å². The SMILES string of the molecule is CCCc1ccccc1NCc1c(C)n[nH]c1C. The third kappa shape index (κ3) is 2.73. The van der Waals surface area contributed by atoms with Gasteiger partial charge in [-0.1, -0.05) is 31.5 Å². The summed E-state index contributed by atoms with van der Waals surface area (Å²) in [5.41, 5.74) is 6.11. The Balaban J connectivity index is 2.11. The third-order valence-electron chi connectivity index (χ3n) is 3.27. The molecule has 2 N–H and O–H groups in total. The van der Waals surface area contributed by atoms with E-state index in [9.17, 15) is 0 Å². The first kappa shape index (κ1) is 12.7. The first-order valence-electron chi connectivity index (χ1n) is 6.54. The Morgan fingerprint density at radius 2 is 2.00 bits per heavy atom. The Labute approximate surface area is 109 Å². The van der Waals surface area contributed by atoms with Crippen LogP contribution in [0, 0.1) is 13.8 Å². The molecule has 2 aromatic rings. The van der Waals surface area contributed by atoms with Gasteiger partial charge in [-0.3, -0.25) is 5.10 Å². The zero-order valence-electron chi connectivity index (χ0n) is 11.4. The second kappa shape index (κ2) is 5.71. The van der Waals surface area contributed by atoms with Crippen LogP contribution in [0.5, 0.6) is 0 Å². The Kier molecular flexibility index (Phi) is 4.03. The molecule has 0 aliphatic rings. The van der Waals surface area contributed by atoms with Crippen LogP contribution in [-0.2, 0) is 13.0 Å². The summed E-state index contributed by atoms with van der Waals surface area (Å²) in [5, 5.41) is 10.8. The Morgan fingerprint density at radius 3 is 2.67 bits per heavy atom. The topological polar surface area (TPSA) is 40.7 Å². The lowest BCUT2D eigenvalue weighted by Gasteiger charge is -2.11. The van der Waals surface area contributed by atoms with Crippen molar-refractivity contribution in [2.24, 2.45) is 0 Å². The van der Waals surface area contributed by atoms with Gasteiger partial charge in [0.05, 0.1) is 5.69 Å². The van der Waals surface area contributed by atoms with Crippen LogP contribution in [0.25, 0.3) is 0 Å². The fourth-order valence-corrected chi connectivity index (χ4v) is 2.20. The predicted molar refractivity (Wildman–Crippen MR) is 75.8 cm³/mol. The van der Waals surface area contributed by atoms with Gasteiger partial charge in [-0.25, -0.2) is 0 Å². The van der Waals surface area contributed by atoms with Gasteiger partial charge >= 0.3 is 0 Å². The van der Waals surface area contributed by atoms with Gasteiger partial charge in [-0.05, 0) is 31.9 Å². The van der Waals surface area contributed by atoms with Gasteiger partial charge in [0, 0.05) is 23.5 Å². The lowest BCUT2D eigenvalue weighted by Crippen LogP contribution is -2.04. The summed E-state index contributed by atoms with van der Waals surface area (Å²) < 4.78 is 0. The van der Waals surface area contributed by atoms with Crippen molar-refractivity contribution in [3.05, 3.63) is 46.8 Å². The molecule has 3 nitrogen and oxygen atoms in total. The van der Waals surface area contributed by atoms with Gasteiger partial charge in [0.25, 0.3) is 0 Å². The van der Waals surface area contributed by atoms with E-state index in [1.54, 1.807) is 0 Å². The van der Waals surface area contributed by atoms with Crippen molar-refractivity contribution < 1.29 is 0 Å². The number of para-hydroxylation sites is 1. The van der Waals surface area contributed by atoms with Gasteiger partial charge in [0.15, 0.2) is 0 Å². The van der Waals surface area contributed by atoms with E-state index in [0.29, 0.717) is 0 Å². The summed E-state index contributed by atoms with van der Waals surface area (Å²) in [7, 11) is 0. The first-order valence-corrected chi connectivity index (χ1v) is 6.54. The molecule has 0 saturated carbocycles. The fraction of sp³-hybridized carbons (Fsp3) is 0.400. The molecule has 1 aromatic carbocycles. The number of aromatic nitrogens is 2. The Morgan fingerprint density at radius 1 is 1.22 bits per heavy atom. The number of nitrogens with zero attached hydrogens (tertiary/aromatic N) is 1. The highest BCUT2D eigenvalue weighted by atomic mass is 15.1. The second-order valence-corrected chi connectivity index (χ2v) is 4.67. The summed E-state index contributed by atoms with van der Waals surface area (Å²) in [6.45, 7) is 7.14. The highest BCUT2D eigenvalue weighted by Crippen LogP contribution is 2.19. The van der Waals surface area contributed by atoms with E-state index in [1.165, 1.54) is 23.2 Å². The standard InChI is InChI=1S/C15H21N3/c1-4-7-13-8-5-6-9-15(13)16-10-14-11(2)17-18-12(14)3/h5-6,8-9,16H,4,7,10H2,1-3H3,(H,17,18). The summed E-state index contributed by atoms with van der Waals surface area (Å²) in [4.78, 5) is 0. The maximum atomic E-state index is 4.22. The van der Waals surface area contributed by atoms with Crippen LogP contribution in [0.15, 0.2) is 24.3 Å². The van der Waals surface area contributed by atoms with Gasteiger partial charge in [0.2, 0.25) is 0 Å². The zero-order chi connectivity index (χ0) is 13.0. The average Bonchev–Trinajstić information content (AvgIpc) is 2.69. The van der Waals surface area contributed by atoms with Crippen molar-refractivity contribution in [3.8, 4) is 0 Å². The number of aryl methyl sites for hydroxylation is 3. The van der Waals surface area contributed by atoms with E-state index in [0.717, 1.165) is 24.4 Å². The molecule has 0 bridgehead atoms.